The number of nitrogens with one attached hydrogen (secondary N) is 1. The summed E-state index contributed by atoms with van der Waals surface area (Å²) in [5.74, 6) is 0.112. The first-order valence-electron chi connectivity index (χ1n) is 7.06. The molecule has 0 aromatic carbocycles. The Morgan fingerprint density at radius 3 is 2.42 bits per heavy atom. The Labute approximate surface area is 116 Å². The van der Waals surface area contributed by atoms with Gasteiger partial charge in [-0.2, -0.15) is 0 Å². The zero-order valence-electron chi connectivity index (χ0n) is 12.7. The quantitative estimate of drug-likeness (QED) is 0.744. The molecule has 1 aliphatic rings. The van der Waals surface area contributed by atoms with Gasteiger partial charge in [-0.3, -0.25) is 4.79 Å². The Morgan fingerprint density at radius 1 is 1.42 bits per heavy atom. The van der Waals surface area contributed by atoms with E-state index >= 15 is 0 Å². The standard InChI is InChI=1S/C14H28N2O3/c1-5-16(10-13(2,3)18)12(17)14(11-19-4)6-8-15-9-7-14/h15,18H,5-11H2,1-4H3. The van der Waals surface area contributed by atoms with Gasteiger partial charge in [0.05, 0.1) is 17.6 Å². The Kier molecular flexibility index (Phi) is 5.77. The topological polar surface area (TPSA) is 61.8 Å². The van der Waals surface area contributed by atoms with Crippen LogP contribution in [-0.2, 0) is 9.53 Å². The lowest BCUT2D eigenvalue weighted by Crippen LogP contribution is -2.54. The number of ether oxygens (including phenoxy) is 1. The molecule has 5 heteroatoms. The molecular weight excluding hydrogens is 244 g/mol. The summed E-state index contributed by atoms with van der Waals surface area (Å²) < 4.78 is 5.29. The number of carbonyl (C=O) groups excluding carboxylic acids is 1. The molecule has 0 atom stereocenters. The van der Waals surface area contributed by atoms with E-state index in [0.717, 1.165) is 25.9 Å². The van der Waals surface area contributed by atoms with Crippen LogP contribution in [0.25, 0.3) is 0 Å². The van der Waals surface area contributed by atoms with Gasteiger partial charge in [-0.05, 0) is 46.7 Å². The van der Waals surface area contributed by atoms with Crippen LogP contribution in [-0.4, -0.2) is 61.4 Å². The SMILES string of the molecule is CCN(CC(C)(C)O)C(=O)C1(COC)CCNCC1. The minimum atomic E-state index is -0.868. The first-order valence-corrected chi connectivity index (χ1v) is 7.06. The molecule has 5 nitrogen and oxygen atoms in total. The highest BCUT2D eigenvalue weighted by Crippen LogP contribution is 2.32. The summed E-state index contributed by atoms with van der Waals surface area (Å²) in [5, 5.41) is 13.2. The van der Waals surface area contributed by atoms with Crippen molar-refractivity contribution in [1.29, 1.82) is 0 Å². The van der Waals surface area contributed by atoms with Crippen LogP contribution in [0.4, 0.5) is 0 Å². The van der Waals surface area contributed by atoms with E-state index in [1.165, 1.54) is 0 Å². The van der Waals surface area contributed by atoms with E-state index in [9.17, 15) is 9.90 Å². The van der Waals surface area contributed by atoms with Crippen LogP contribution in [0.2, 0.25) is 0 Å². The van der Waals surface area contributed by atoms with E-state index < -0.39 is 11.0 Å². The third-order valence-corrected chi connectivity index (χ3v) is 3.68. The number of amides is 1. The second-order valence-corrected chi connectivity index (χ2v) is 6.10. The number of hydrogen-bond acceptors (Lipinski definition) is 4. The largest absolute Gasteiger partial charge is 0.389 e. The highest BCUT2D eigenvalue weighted by molar-refractivity contribution is 5.83. The number of carbonyl (C=O) groups is 1. The summed E-state index contributed by atoms with van der Waals surface area (Å²) >= 11 is 0. The Morgan fingerprint density at radius 2 is 2.00 bits per heavy atom. The maximum Gasteiger partial charge on any atom is 0.231 e. The van der Waals surface area contributed by atoms with Gasteiger partial charge in [0.25, 0.3) is 0 Å². The molecule has 0 saturated carbocycles. The van der Waals surface area contributed by atoms with Crippen molar-refractivity contribution >= 4 is 5.91 Å². The molecule has 0 spiro atoms. The molecule has 1 heterocycles. The number of nitrogens with zero attached hydrogens (tertiary/aromatic N) is 1. The predicted octanol–water partition coefficient (Wildman–Crippen LogP) is 0.622. The molecule has 0 unspecified atom stereocenters. The molecule has 0 bridgehead atoms. The van der Waals surface area contributed by atoms with E-state index in [1.807, 2.05) is 6.92 Å². The zero-order valence-corrected chi connectivity index (χ0v) is 12.7. The van der Waals surface area contributed by atoms with Crippen molar-refractivity contribution in [2.75, 3.05) is 39.9 Å². The number of likely N-dealkylation sites (N-methyl/N-ethyl adjacent to an activating group) is 1. The minimum absolute atomic E-state index is 0.112. The fourth-order valence-electron chi connectivity index (χ4n) is 2.73. The summed E-state index contributed by atoms with van der Waals surface area (Å²) in [6.45, 7) is 8.52. The lowest BCUT2D eigenvalue weighted by molar-refractivity contribution is -0.150. The van der Waals surface area contributed by atoms with Crippen LogP contribution in [0, 0.1) is 5.41 Å². The molecule has 0 radical (unpaired) electrons. The second-order valence-electron chi connectivity index (χ2n) is 6.10. The van der Waals surface area contributed by atoms with Gasteiger partial charge in [-0.1, -0.05) is 0 Å². The lowest BCUT2D eigenvalue weighted by Gasteiger charge is -2.40. The molecule has 0 aromatic heterocycles. The number of aliphatic hydroxyl groups is 1. The van der Waals surface area contributed by atoms with E-state index in [4.69, 9.17) is 4.74 Å². The summed E-state index contributed by atoms with van der Waals surface area (Å²) in [6, 6.07) is 0. The highest BCUT2D eigenvalue weighted by Gasteiger charge is 2.42. The minimum Gasteiger partial charge on any atom is -0.389 e. The first-order chi connectivity index (χ1) is 8.84. The fraction of sp³-hybridized carbons (Fsp3) is 0.929. The Balaban J connectivity index is 2.84. The van der Waals surface area contributed by atoms with Gasteiger partial charge in [-0.25, -0.2) is 0 Å². The Bertz CT molecular complexity index is 288. The number of piperidine rings is 1. The van der Waals surface area contributed by atoms with E-state index in [1.54, 1.807) is 25.9 Å². The predicted molar refractivity (Wildman–Crippen MR) is 75.0 cm³/mol. The third kappa shape index (κ3) is 4.44. The van der Waals surface area contributed by atoms with Crippen LogP contribution in [0.3, 0.4) is 0 Å². The average molecular weight is 272 g/mol. The molecule has 1 saturated heterocycles. The maximum atomic E-state index is 12.8. The summed E-state index contributed by atoms with van der Waals surface area (Å²) in [6.07, 6.45) is 1.59. The molecule has 0 aliphatic carbocycles. The summed E-state index contributed by atoms with van der Waals surface area (Å²) in [5.41, 5.74) is -1.30. The van der Waals surface area contributed by atoms with Gasteiger partial charge in [0.2, 0.25) is 5.91 Å². The molecular formula is C14H28N2O3. The fourth-order valence-corrected chi connectivity index (χ4v) is 2.73. The molecule has 1 aliphatic heterocycles. The molecule has 2 N–H and O–H groups in total. The van der Waals surface area contributed by atoms with Crippen molar-refractivity contribution in [3.8, 4) is 0 Å². The second kappa shape index (κ2) is 6.68. The van der Waals surface area contributed by atoms with Crippen LogP contribution in [0.1, 0.15) is 33.6 Å². The van der Waals surface area contributed by atoms with Gasteiger partial charge in [0.1, 0.15) is 0 Å². The van der Waals surface area contributed by atoms with Gasteiger partial charge in [-0.15, -0.1) is 0 Å². The van der Waals surface area contributed by atoms with Gasteiger partial charge >= 0.3 is 0 Å². The maximum absolute atomic E-state index is 12.8. The molecule has 19 heavy (non-hydrogen) atoms. The van der Waals surface area contributed by atoms with E-state index in [2.05, 4.69) is 5.32 Å². The normalized spacial score (nSPS) is 19.2. The van der Waals surface area contributed by atoms with E-state index in [-0.39, 0.29) is 5.91 Å². The third-order valence-electron chi connectivity index (χ3n) is 3.68. The monoisotopic (exact) mass is 272 g/mol. The van der Waals surface area contributed by atoms with E-state index in [0.29, 0.717) is 19.7 Å². The van der Waals surface area contributed by atoms with Gasteiger partial charge in [0, 0.05) is 20.2 Å². The van der Waals surface area contributed by atoms with Crippen molar-refractivity contribution in [3.05, 3.63) is 0 Å². The van der Waals surface area contributed by atoms with Crippen molar-refractivity contribution in [1.82, 2.24) is 10.2 Å². The molecule has 1 amide bonds. The van der Waals surface area contributed by atoms with Crippen LogP contribution >= 0.6 is 0 Å². The molecule has 0 aromatic rings. The highest BCUT2D eigenvalue weighted by atomic mass is 16.5. The Hall–Kier alpha value is -0.650. The number of hydrogen-bond donors (Lipinski definition) is 2. The number of methoxy groups -OCH3 is 1. The lowest BCUT2D eigenvalue weighted by atomic mass is 9.78. The van der Waals surface area contributed by atoms with Crippen molar-refractivity contribution < 1.29 is 14.6 Å². The molecule has 112 valence electrons. The zero-order chi connectivity index (χ0) is 14.5. The van der Waals surface area contributed by atoms with Crippen LogP contribution < -0.4 is 5.32 Å². The smallest absolute Gasteiger partial charge is 0.231 e. The molecule has 1 fully saturated rings. The first kappa shape index (κ1) is 16.4. The average Bonchev–Trinajstić information content (AvgIpc) is 2.35. The van der Waals surface area contributed by atoms with Crippen LogP contribution in [0.5, 0.6) is 0 Å². The summed E-state index contributed by atoms with van der Waals surface area (Å²) in [7, 11) is 1.64. The molecule has 1 rings (SSSR count). The van der Waals surface area contributed by atoms with Crippen molar-refractivity contribution in [3.63, 3.8) is 0 Å². The van der Waals surface area contributed by atoms with Crippen molar-refractivity contribution in [2.45, 2.75) is 39.2 Å². The van der Waals surface area contributed by atoms with Gasteiger partial charge < -0.3 is 20.1 Å². The number of rotatable bonds is 6. The van der Waals surface area contributed by atoms with Gasteiger partial charge in [0.15, 0.2) is 0 Å². The summed E-state index contributed by atoms with van der Waals surface area (Å²) in [4.78, 5) is 14.6. The van der Waals surface area contributed by atoms with Crippen LogP contribution in [0.15, 0.2) is 0 Å². The van der Waals surface area contributed by atoms with Crippen molar-refractivity contribution in [2.24, 2.45) is 5.41 Å².